The first kappa shape index (κ1) is 12.3. The normalized spacial score (nSPS) is 19.3. The summed E-state index contributed by atoms with van der Waals surface area (Å²) in [5, 5.41) is 18.0. The molecule has 1 saturated heterocycles. The Morgan fingerprint density at radius 2 is 2.50 bits per heavy atom. The number of nitriles is 1. The van der Waals surface area contributed by atoms with E-state index in [0.29, 0.717) is 31.0 Å². The van der Waals surface area contributed by atoms with Crippen molar-refractivity contribution >= 4 is 11.7 Å². The quantitative estimate of drug-likeness (QED) is 0.834. The molecule has 1 aromatic rings. The van der Waals surface area contributed by atoms with Gasteiger partial charge in [0, 0.05) is 18.8 Å². The van der Waals surface area contributed by atoms with Crippen LogP contribution in [0.3, 0.4) is 0 Å². The van der Waals surface area contributed by atoms with Crippen LogP contribution in [0.1, 0.15) is 23.0 Å². The van der Waals surface area contributed by atoms with Gasteiger partial charge in [-0.25, -0.2) is 9.78 Å². The number of carbonyl (C=O) groups is 1. The molecule has 0 unspecified atom stereocenters. The number of rotatable bonds is 2. The van der Waals surface area contributed by atoms with E-state index in [9.17, 15) is 4.79 Å². The number of aromatic carboxylic acids is 1. The Labute approximate surface area is 104 Å². The molecule has 18 heavy (non-hydrogen) atoms. The summed E-state index contributed by atoms with van der Waals surface area (Å²) < 4.78 is 5.32. The molecule has 0 aliphatic carbocycles. The van der Waals surface area contributed by atoms with Gasteiger partial charge in [0.05, 0.1) is 24.5 Å². The van der Waals surface area contributed by atoms with Crippen molar-refractivity contribution in [1.82, 2.24) is 4.98 Å². The van der Waals surface area contributed by atoms with Gasteiger partial charge in [-0.1, -0.05) is 0 Å². The first-order valence-electron chi connectivity index (χ1n) is 5.61. The number of nitrogens with zero attached hydrogens (tertiary/aromatic N) is 3. The molecule has 6 nitrogen and oxygen atoms in total. The maximum Gasteiger partial charge on any atom is 0.356 e. The molecule has 2 rings (SSSR count). The van der Waals surface area contributed by atoms with E-state index in [1.807, 2.05) is 17.9 Å². The standard InChI is InChI=1S/C12H13N3O3/c1-8-7-18-3-2-15(8)10-4-9(5-13)6-14-11(10)12(16)17/h4,6,8H,2-3,7H2,1H3,(H,16,17)/t8-/m1/s1. The summed E-state index contributed by atoms with van der Waals surface area (Å²) in [7, 11) is 0. The van der Waals surface area contributed by atoms with Gasteiger partial charge in [-0.3, -0.25) is 0 Å². The number of anilines is 1. The Balaban J connectivity index is 2.46. The molecule has 0 amide bonds. The lowest BCUT2D eigenvalue weighted by Gasteiger charge is -2.35. The van der Waals surface area contributed by atoms with Crippen molar-refractivity contribution in [1.29, 1.82) is 5.26 Å². The number of morpholine rings is 1. The van der Waals surface area contributed by atoms with Crippen molar-refractivity contribution in [3.05, 3.63) is 23.5 Å². The predicted molar refractivity (Wildman–Crippen MR) is 63.5 cm³/mol. The van der Waals surface area contributed by atoms with Crippen LogP contribution < -0.4 is 4.90 Å². The second kappa shape index (κ2) is 5.02. The highest BCUT2D eigenvalue weighted by atomic mass is 16.5. The average molecular weight is 247 g/mol. The van der Waals surface area contributed by atoms with Gasteiger partial charge in [-0.15, -0.1) is 0 Å². The monoisotopic (exact) mass is 247 g/mol. The second-order valence-corrected chi connectivity index (χ2v) is 4.13. The number of ether oxygens (including phenoxy) is 1. The van der Waals surface area contributed by atoms with Gasteiger partial charge in [0.1, 0.15) is 6.07 Å². The van der Waals surface area contributed by atoms with E-state index in [2.05, 4.69) is 4.98 Å². The van der Waals surface area contributed by atoms with Crippen LogP contribution in [0.4, 0.5) is 5.69 Å². The minimum Gasteiger partial charge on any atom is -0.476 e. The third-order valence-corrected chi connectivity index (χ3v) is 2.88. The zero-order chi connectivity index (χ0) is 13.1. The van der Waals surface area contributed by atoms with Gasteiger partial charge < -0.3 is 14.7 Å². The number of hydrogen-bond acceptors (Lipinski definition) is 5. The Morgan fingerprint density at radius 3 is 3.11 bits per heavy atom. The van der Waals surface area contributed by atoms with Crippen molar-refractivity contribution in [2.45, 2.75) is 13.0 Å². The Kier molecular flexibility index (Phi) is 3.44. The van der Waals surface area contributed by atoms with Gasteiger partial charge in [-0.2, -0.15) is 5.26 Å². The average Bonchev–Trinajstić information content (AvgIpc) is 2.38. The van der Waals surface area contributed by atoms with E-state index in [4.69, 9.17) is 15.1 Å². The van der Waals surface area contributed by atoms with E-state index >= 15 is 0 Å². The topological polar surface area (TPSA) is 86.5 Å². The second-order valence-electron chi connectivity index (χ2n) is 4.13. The summed E-state index contributed by atoms with van der Waals surface area (Å²) in [6.45, 7) is 3.62. The fraction of sp³-hybridized carbons (Fsp3) is 0.417. The maximum absolute atomic E-state index is 11.2. The molecular formula is C12H13N3O3. The minimum atomic E-state index is -1.09. The van der Waals surface area contributed by atoms with Crippen molar-refractivity contribution in [2.75, 3.05) is 24.7 Å². The molecule has 0 saturated carbocycles. The number of hydrogen-bond donors (Lipinski definition) is 1. The lowest BCUT2D eigenvalue weighted by molar-refractivity contribution is 0.0688. The van der Waals surface area contributed by atoms with Crippen LogP contribution in [0.15, 0.2) is 12.3 Å². The summed E-state index contributed by atoms with van der Waals surface area (Å²) in [4.78, 5) is 16.9. The SMILES string of the molecule is C[C@@H]1COCCN1c1cc(C#N)cnc1C(=O)O. The molecule has 0 radical (unpaired) electrons. The largest absolute Gasteiger partial charge is 0.476 e. The number of carboxylic acid groups (broad SMARTS) is 1. The van der Waals surface area contributed by atoms with E-state index in [0.717, 1.165) is 0 Å². The summed E-state index contributed by atoms with van der Waals surface area (Å²) in [5.41, 5.74) is 0.814. The number of aromatic nitrogens is 1. The molecule has 0 aromatic carbocycles. The smallest absolute Gasteiger partial charge is 0.356 e. The van der Waals surface area contributed by atoms with Gasteiger partial charge >= 0.3 is 5.97 Å². The molecular weight excluding hydrogens is 234 g/mol. The van der Waals surface area contributed by atoms with E-state index < -0.39 is 5.97 Å². The van der Waals surface area contributed by atoms with Gasteiger partial charge in [0.25, 0.3) is 0 Å². The van der Waals surface area contributed by atoms with Crippen molar-refractivity contribution < 1.29 is 14.6 Å². The molecule has 1 aliphatic rings. The third kappa shape index (κ3) is 2.26. The minimum absolute atomic E-state index is 0.0252. The molecule has 1 fully saturated rings. The van der Waals surface area contributed by atoms with Crippen LogP contribution in [0.25, 0.3) is 0 Å². The van der Waals surface area contributed by atoms with Gasteiger partial charge in [-0.05, 0) is 13.0 Å². The lowest BCUT2D eigenvalue weighted by Crippen LogP contribution is -2.44. The first-order chi connectivity index (χ1) is 8.63. The fourth-order valence-electron chi connectivity index (χ4n) is 1.98. The van der Waals surface area contributed by atoms with Crippen molar-refractivity contribution in [2.24, 2.45) is 0 Å². The molecule has 1 aliphatic heterocycles. The molecule has 1 atom stereocenters. The number of carboxylic acids is 1. The Bertz CT molecular complexity index is 510. The van der Waals surface area contributed by atoms with Gasteiger partial charge in [0.15, 0.2) is 5.69 Å². The summed E-state index contributed by atoms with van der Waals surface area (Å²) in [6, 6.07) is 3.60. The van der Waals surface area contributed by atoms with Crippen LogP contribution in [0.2, 0.25) is 0 Å². The zero-order valence-electron chi connectivity index (χ0n) is 9.96. The maximum atomic E-state index is 11.2. The highest BCUT2D eigenvalue weighted by Gasteiger charge is 2.24. The van der Waals surface area contributed by atoms with Crippen molar-refractivity contribution in [3.8, 4) is 6.07 Å². The Morgan fingerprint density at radius 1 is 1.72 bits per heavy atom. The molecule has 0 spiro atoms. The van der Waals surface area contributed by atoms with E-state index in [1.165, 1.54) is 6.20 Å². The molecule has 2 heterocycles. The van der Waals surface area contributed by atoms with Crippen LogP contribution in [-0.2, 0) is 4.74 Å². The summed E-state index contributed by atoms with van der Waals surface area (Å²) >= 11 is 0. The molecule has 1 N–H and O–H groups in total. The highest BCUT2D eigenvalue weighted by Crippen LogP contribution is 2.24. The third-order valence-electron chi connectivity index (χ3n) is 2.88. The van der Waals surface area contributed by atoms with Crippen LogP contribution in [0.5, 0.6) is 0 Å². The zero-order valence-corrected chi connectivity index (χ0v) is 9.96. The summed E-state index contributed by atoms with van der Waals surface area (Å²) in [6.07, 6.45) is 1.28. The molecule has 6 heteroatoms. The van der Waals surface area contributed by atoms with Crippen LogP contribution in [0, 0.1) is 11.3 Å². The number of pyridine rings is 1. The van der Waals surface area contributed by atoms with Crippen LogP contribution in [-0.4, -0.2) is 41.9 Å². The highest BCUT2D eigenvalue weighted by molar-refractivity contribution is 5.92. The summed E-state index contributed by atoms with van der Waals surface area (Å²) in [5.74, 6) is -1.09. The predicted octanol–water partition coefficient (Wildman–Crippen LogP) is 0.877. The lowest BCUT2D eigenvalue weighted by atomic mass is 10.1. The fourth-order valence-corrected chi connectivity index (χ4v) is 1.98. The molecule has 1 aromatic heterocycles. The van der Waals surface area contributed by atoms with Crippen LogP contribution >= 0.6 is 0 Å². The van der Waals surface area contributed by atoms with E-state index in [-0.39, 0.29) is 11.7 Å². The molecule has 0 bridgehead atoms. The Hall–Kier alpha value is -2.13. The van der Waals surface area contributed by atoms with Gasteiger partial charge in [0.2, 0.25) is 0 Å². The van der Waals surface area contributed by atoms with Crippen molar-refractivity contribution in [3.63, 3.8) is 0 Å². The van der Waals surface area contributed by atoms with E-state index in [1.54, 1.807) is 6.07 Å². The first-order valence-corrected chi connectivity index (χ1v) is 5.61. The molecule has 94 valence electrons.